The van der Waals surface area contributed by atoms with E-state index in [1.165, 1.54) is 18.5 Å². The van der Waals surface area contributed by atoms with Crippen LogP contribution in [-0.4, -0.2) is 16.6 Å². The van der Waals surface area contributed by atoms with Gasteiger partial charge in [0.2, 0.25) is 5.82 Å². The topological polar surface area (TPSA) is 47.0 Å². The Kier molecular flexibility index (Phi) is 4.51. The molecule has 0 saturated carbocycles. The molecule has 0 aliphatic carbocycles. The molecule has 2 aromatic rings. The Hall–Kier alpha value is -1.89. The summed E-state index contributed by atoms with van der Waals surface area (Å²) in [6.07, 6.45) is 2.91. The Balaban J connectivity index is 2.11. The van der Waals surface area contributed by atoms with Crippen LogP contribution in [0.25, 0.3) is 0 Å². The number of rotatable bonds is 5. The van der Waals surface area contributed by atoms with Crippen LogP contribution in [0.1, 0.15) is 6.92 Å². The van der Waals surface area contributed by atoms with Crippen LogP contribution in [-0.2, 0) is 0 Å². The summed E-state index contributed by atoms with van der Waals surface area (Å²) < 4.78 is 35.1. The van der Waals surface area contributed by atoms with Gasteiger partial charge in [-0.15, -0.1) is 0 Å². The van der Waals surface area contributed by atoms with Crippen LogP contribution < -0.4 is 9.46 Å². The maximum Gasteiger partial charge on any atom is 0.201 e. The minimum atomic E-state index is -0.990. The monoisotopic (exact) mass is 283 g/mol. The quantitative estimate of drug-likeness (QED) is 0.853. The third kappa shape index (κ3) is 3.31. The third-order valence-electron chi connectivity index (χ3n) is 2.16. The molecule has 0 radical (unpaired) electrons. The van der Waals surface area contributed by atoms with Crippen molar-refractivity contribution in [3.05, 3.63) is 42.4 Å². The van der Waals surface area contributed by atoms with Gasteiger partial charge < -0.3 is 9.46 Å². The molecule has 0 spiro atoms. The second-order valence-corrected chi connectivity index (χ2v) is 4.27. The zero-order chi connectivity index (χ0) is 13.7. The van der Waals surface area contributed by atoms with Crippen molar-refractivity contribution in [3.8, 4) is 5.75 Å². The zero-order valence-corrected chi connectivity index (χ0v) is 10.9. The first-order chi connectivity index (χ1) is 9.22. The minimum Gasteiger partial charge on any atom is -0.491 e. The van der Waals surface area contributed by atoms with Crippen LogP contribution in [0.4, 0.5) is 14.6 Å². The first-order valence-corrected chi connectivity index (χ1v) is 6.33. The van der Waals surface area contributed by atoms with E-state index in [0.29, 0.717) is 5.82 Å². The summed E-state index contributed by atoms with van der Waals surface area (Å²) in [6, 6.07) is 4.46. The van der Waals surface area contributed by atoms with E-state index < -0.39 is 11.6 Å². The highest BCUT2D eigenvalue weighted by molar-refractivity contribution is 8.00. The van der Waals surface area contributed by atoms with Gasteiger partial charge in [-0.3, -0.25) is 0 Å². The van der Waals surface area contributed by atoms with Crippen molar-refractivity contribution in [2.75, 3.05) is 11.3 Å². The van der Waals surface area contributed by atoms with E-state index in [-0.39, 0.29) is 17.3 Å². The fourth-order valence-corrected chi connectivity index (χ4v) is 1.97. The van der Waals surface area contributed by atoms with E-state index in [2.05, 4.69) is 14.7 Å². The summed E-state index contributed by atoms with van der Waals surface area (Å²) in [5, 5.41) is 0. The summed E-state index contributed by atoms with van der Waals surface area (Å²) >= 11 is 0.930. The average molecular weight is 283 g/mol. The van der Waals surface area contributed by atoms with Crippen LogP contribution in [0.3, 0.4) is 0 Å². The number of hydrogen-bond donors (Lipinski definition) is 1. The first-order valence-electron chi connectivity index (χ1n) is 5.52. The molecule has 7 heteroatoms. The van der Waals surface area contributed by atoms with Crippen LogP contribution in [0.2, 0.25) is 0 Å². The smallest absolute Gasteiger partial charge is 0.201 e. The van der Waals surface area contributed by atoms with E-state index in [4.69, 9.17) is 4.74 Å². The molecular formula is C12H11F2N3OS. The van der Waals surface area contributed by atoms with Crippen molar-refractivity contribution >= 4 is 17.8 Å². The molecule has 0 aliphatic rings. The standard InChI is InChI=1S/C12H11F2N3OS/c1-2-18-8-3-4-9(12(14)11(8)13)19-17-10-5-6-15-7-16-10/h3-7H,2H2,1H3,(H,15,16,17). The Bertz CT molecular complexity index is 554. The molecule has 0 fully saturated rings. The number of benzene rings is 1. The van der Waals surface area contributed by atoms with Crippen LogP contribution in [0, 0.1) is 11.6 Å². The molecule has 0 atom stereocenters. The van der Waals surface area contributed by atoms with Crippen molar-refractivity contribution in [3.63, 3.8) is 0 Å². The maximum atomic E-state index is 13.7. The number of aromatic nitrogens is 2. The van der Waals surface area contributed by atoms with Gasteiger partial charge in [-0.2, -0.15) is 4.39 Å². The van der Waals surface area contributed by atoms with E-state index in [9.17, 15) is 8.78 Å². The maximum absolute atomic E-state index is 13.7. The fraction of sp³-hybridized carbons (Fsp3) is 0.167. The van der Waals surface area contributed by atoms with E-state index in [1.54, 1.807) is 19.2 Å². The normalized spacial score (nSPS) is 10.3. The molecule has 1 heterocycles. The predicted octanol–water partition coefficient (Wildman–Crippen LogP) is 3.27. The number of ether oxygens (including phenoxy) is 1. The molecular weight excluding hydrogens is 272 g/mol. The van der Waals surface area contributed by atoms with Gasteiger partial charge in [-0.25, -0.2) is 14.4 Å². The van der Waals surface area contributed by atoms with E-state index in [1.807, 2.05) is 0 Å². The van der Waals surface area contributed by atoms with Gasteiger partial charge in [0.25, 0.3) is 0 Å². The highest BCUT2D eigenvalue weighted by Gasteiger charge is 2.14. The summed E-state index contributed by atoms with van der Waals surface area (Å²) in [4.78, 5) is 7.79. The summed E-state index contributed by atoms with van der Waals surface area (Å²) in [5.74, 6) is -1.52. The molecule has 2 rings (SSSR count). The molecule has 1 aromatic carbocycles. The van der Waals surface area contributed by atoms with Crippen LogP contribution in [0.15, 0.2) is 35.6 Å². The summed E-state index contributed by atoms with van der Waals surface area (Å²) in [5.41, 5.74) is 0. The van der Waals surface area contributed by atoms with Gasteiger partial charge in [0.05, 0.1) is 11.5 Å². The van der Waals surface area contributed by atoms with Gasteiger partial charge in [-0.05, 0) is 37.1 Å². The van der Waals surface area contributed by atoms with Crippen molar-refractivity contribution in [1.82, 2.24) is 9.97 Å². The Morgan fingerprint density at radius 3 is 2.79 bits per heavy atom. The Labute approximate surface area is 113 Å². The molecule has 0 unspecified atom stereocenters. The number of anilines is 1. The minimum absolute atomic E-state index is 0.0913. The van der Waals surface area contributed by atoms with Crippen molar-refractivity contribution in [2.45, 2.75) is 11.8 Å². The molecule has 0 bridgehead atoms. The molecule has 0 amide bonds. The predicted molar refractivity (Wildman–Crippen MR) is 69.0 cm³/mol. The lowest BCUT2D eigenvalue weighted by atomic mass is 10.3. The van der Waals surface area contributed by atoms with Gasteiger partial charge in [0.15, 0.2) is 11.6 Å². The average Bonchev–Trinajstić information content (AvgIpc) is 2.44. The molecule has 19 heavy (non-hydrogen) atoms. The summed E-state index contributed by atoms with van der Waals surface area (Å²) in [6.45, 7) is 1.98. The van der Waals surface area contributed by atoms with Gasteiger partial charge in [0, 0.05) is 6.20 Å². The van der Waals surface area contributed by atoms with Crippen molar-refractivity contribution in [1.29, 1.82) is 0 Å². The lowest BCUT2D eigenvalue weighted by molar-refractivity contribution is 0.312. The lowest BCUT2D eigenvalue weighted by Gasteiger charge is -2.09. The number of hydrogen-bond acceptors (Lipinski definition) is 5. The molecule has 1 aromatic heterocycles. The van der Waals surface area contributed by atoms with Gasteiger partial charge >= 0.3 is 0 Å². The highest BCUT2D eigenvalue weighted by atomic mass is 32.2. The van der Waals surface area contributed by atoms with Crippen molar-refractivity contribution < 1.29 is 13.5 Å². The fourth-order valence-electron chi connectivity index (χ4n) is 1.32. The van der Waals surface area contributed by atoms with Gasteiger partial charge in [-0.1, -0.05) is 0 Å². The molecule has 4 nitrogen and oxygen atoms in total. The second-order valence-electron chi connectivity index (χ2n) is 3.42. The SMILES string of the molecule is CCOc1ccc(SNc2ccncn2)c(F)c1F. The molecule has 0 saturated heterocycles. The number of nitrogens with zero attached hydrogens (tertiary/aromatic N) is 2. The van der Waals surface area contributed by atoms with Gasteiger partial charge in [0.1, 0.15) is 12.1 Å². The molecule has 100 valence electrons. The largest absolute Gasteiger partial charge is 0.491 e. The zero-order valence-electron chi connectivity index (χ0n) is 10.1. The highest BCUT2D eigenvalue weighted by Crippen LogP contribution is 2.29. The third-order valence-corrected chi connectivity index (χ3v) is 3.01. The van der Waals surface area contributed by atoms with E-state index >= 15 is 0 Å². The molecule has 1 N–H and O–H groups in total. The first kappa shape index (κ1) is 13.5. The Morgan fingerprint density at radius 1 is 1.26 bits per heavy atom. The van der Waals surface area contributed by atoms with Crippen molar-refractivity contribution in [2.24, 2.45) is 0 Å². The van der Waals surface area contributed by atoms with E-state index in [0.717, 1.165) is 11.9 Å². The second kappa shape index (κ2) is 6.33. The van der Waals surface area contributed by atoms with Crippen LogP contribution >= 0.6 is 11.9 Å². The lowest BCUT2D eigenvalue weighted by Crippen LogP contribution is -1.99. The Morgan fingerprint density at radius 2 is 2.11 bits per heavy atom. The number of nitrogens with one attached hydrogen (secondary N) is 1. The number of halogens is 2. The molecule has 0 aliphatic heterocycles. The summed E-state index contributed by atoms with van der Waals surface area (Å²) in [7, 11) is 0. The van der Waals surface area contributed by atoms with Crippen LogP contribution in [0.5, 0.6) is 5.75 Å².